The smallest absolute Gasteiger partial charge is 0.245 e. The van der Waals surface area contributed by atoms with Crippen LogP contribution in [-0.2, 0) is 11.2 Å². The summed E-state index contributed by atoms with van der Waals surface area (Å²) in [5.74, 6) is 1.16. The number of nitrogens with zero attached hydrogens (tertiary/aromatic N) is 2. The van der Waals surface area contributed by atoms with Crippen molar-refractivity contribution in [1.82, 2.24) is 10.1 Å². The zero-order chi connectivity index (χ0) is 9.68. The molecule has 74 valence electrons. The molecule has 0 radical (unpaired) electrons. The van der Waals surface area contributed by atoms with Crippen molar-refractivity contribution in [2.75, 3.05) is 13.7 Å². The highest BCUT2D eigenvalue weighted by atomic mass is 16.5. The molecule has 0 aliphatic heterocycles. The fourth-order valence-corrected chi connectivity index (χ4v) is 0.994. The number of hydrogen-bond acceptors (Lipinski definition) is 5. The van der Waals surface area contributed by atoms with Gasteiger partial charge in [0.2, 0.25) is 5.89 Å². The van der Waals surface area contributed by atoms with Gasteiger partial charge in [-0.3, -0.25) is 0 Å². The summed E-state index contributed by atoms with van der Waals surface area (Å²) in [7, 11) is 1.59. The van der Waals surface area contributed by atoms with E-state index in [1.165, 1.54) is 0 Å². The van der Waals surface area contributed by atoms with Crippen LogP contribution in [0.4, 0.5) is 0 Å². The Hall–Kier alpha value is -0.940. The second-order valence-corrected chi connectivity index (χ2v) is 2.86. The number of methoxy groups -OCH3 is 1. The molecular weight excluding hydrogens is 170 g/mol. The van der Waals surface area contributed by atoms with Gasteiger partial charge < -0.3 is 15.0 Å². The Morgan fingerprint density at radius 2 is 2.38 bits per heavy atom. The Balaban J connectivity index is 2.56. The first-order valence-electron chi connectivity index (χ1n) is 4.35. The van der Waals surface area contributed by atoms with Crippen LogP contribution in [0.15, 0.2) is 4.52 Å². The van der Waals surface area contributed by atoms with Gasteiger partial charge in [0, 0.05) is 13.5 Å². The molecule has 0 saturated carbocycles. The third-order valence-electron chi connectivity index (χ3n) is 1.62. The summed E-state index contributed by atoms with van der Waals surface area (Å²) in [6.07, 6.45) is 1.82. The second-order valence-electron chi connectivity index (χ2n) is 2.86. The lowest BCUT2D eigenvalue weighted by Crippen LogP contribution is -2.16. The van der Waals surface area contributed by atoms with Crippen molar-refractivity contribution in [3.8, 4) is 0 Å². The van der Waals surface area contributed by atoms with Crippen molar-refractivity contribution < 1.29 is 9.26 Å². The van der Waals surface area contributed by atoms with Gasteiger partial charge in [0.05, 0.1) is 6.61 Å². The number of ether oxygens (including phenoxy) is 1. The minimum absolute atomic E-state index is 0.317. The number of aromatic nitrogens is 2. The normalized spacial score (nSPS) is 13.2. The van der Waals surface area contributed by atoms with Crippen LogP contribution in [0.5, 0.6) is 0 Å². The maximum Gasteiger partial charge on any atom is 0.245 e. The van der Waals surface area contributed by atoms with Crippen molar-refractivity contribution >= 4 is 0 Å². The molecule has 0 saturated heterocycles. The van der Waals surface area contributed by atoms with E-state index in [0.717, 1.165) is 12.8 Å². The van der Waals surface area contributed by atoms with Crippen LogP contribution in [-0.4, -0.2) is 23.9 Å². The minimum atomic E-state index is -0.317. The monoisotopic (exact) mass is 185 g/mol. The summed E-state index contributed by atoms with van der Waals surface area (Å²) >= 11 is 0. The molecule has 1 rings (SSSR count). The molecule has 5 nitrogen and oxygen atoms in total. The summed E-state index contributed by atoms with van der Waals surface area (Å²) in [4.78, 5) is 4.14. The minimum Gasteiger partial charge on any atom is -0.383 e. The van der Waals surface area contributed by atoms with Crippen LogP contribution in [0.3, 0.4) is 0 Å². The van der Waals surface area contributed by atoms with Crippen molar-refractivity contribution in [2.45, 2.75) is 25.8 Å². The maximum atomic E-state index is 5.69. The van der Waals surface area contributed by atoms with E-state index in [1.54, 1.807) is 7.11 Å². The second kappa shape index (κ2) is 4.94. The Bertz CT molecular complexity index is 249. The predicted octanol–water partition coefficient (Wildman–Crippen LogP) is 0.668. The molecule has 1 aromatic rings. The SMILES string of the molecule is CCCc1noc(C(N)COC)n1. The largest absolute Gasteiger partial charge is 0.383 e. The van der Waals surface area contributed by atoms with Crippen LogP contribution >= 0.6 is 0 Å². The van der Waals surface area contributed by atoms with Gasteiger partial charge >= 0.3 is 0 Å². The molecule has 1 heterocycles. The van der Waals surface area contributed by atoms with E-state index in [9.17, 15) is 0 Å². The highest BCUT2D eigenvalue weighted by Crippen LogP contribution is 2.08. The molecule has 0 amide bonds. The van der Waals surface area contributed by atoms with Crippen LogP contribution in [0.1, 0.15) is 31.1 Å². The average Bonchev–Trinajstić information content (AvgIpc) is 2.54. The summed E-state index contributed by atoms with van der Waals surface area (Å²) < 4.78 is 9.84. The van der Waals surface area contributed by atoms with Crippen molar-refractivity contribution in [3.05, 3.63) is 11.7 Å². The third-order valence-corrected chi connectivity index (χ3v) is 1.62. The van der Waals surface area contributed by atoms with E-state index in [1.807, 2.05) is 0 Å². The van der Waals surface area contributed by atoms with Gasteiger partial charge in [0.15, 0.2) is 5.82 Å². The van der Waals surface area contributed by atoms with Crippen LogP contribution in [0.2, 0.25) is 0 Å². The van der Waals surface area contributed by atoms with Gasteiger partial charge in [-0.05, 0) is 6.42 Å². The number of hydrogen-bond donors (Lipinski definition) is 1. The molecule has 0 aromatic carbocycles. The van der Waals surface area contributed by atoms with Gasteiger partial charge in [-0.25, -0.2) is 0 Å². The lowest BCUT2D eigenvalue weighted by molar-refractivity contribution is 0.166. The molecule has 5 heteroatoms. The molecular formula is C8H15N3O2. The Labute approximate surface area is 77.3 Å². The summed E-state index contributed by atoms with van der Waals surface area (Å²) in [5, 5.41) is 3.79. The molecule has 2 N–H and O–H groups in total. The molecule has 1 unspecified atom stereocenters. The molecule has 0 fully saturated rings. The zero-order valence-electron chi connectivity index (χ0n) is 7.99. The Kier molecular flexibility index (Phi) is 3.85. The molecule has 0 spiro atoms. The van der Waals surface area contributed by atoms with Gasteiger partial charge in [-0.15, -0.1) is 0 Å². The topological polar surface area (TPSA) is 74.2 Å². The van der Waals surface area contributed by atoms with E-state index in [0.29, 0.717) is 18.3 Å². The zero-order valence-corrected chi connectivity index (χ0v) is 7.99. The quantitative estimate of drug-likeness (QED) is 0.729. The van der Waals surface area contributed by atoms with E-state index in [2.05, 4.69) is 17.1 Å². The summed E-state index contributed by atoms with van der Waals surface area (Å²) in [5.41, 5.74) is 5.69. The first-order valence-corrected chi connectivity index (χ1v) is 4.35. The number of rotatable bonds is 5. The van der Waals surface area contributed by atoms with E-state index in [4.69, 9.17) is 15.0 Å². The van der Waals surface area contributed by atoms with Gasteiger partial charge in [0.25, 0.3) is 0 Å². The average molecular weight is 185 g/mol. The van der Waals surface area contributed by atoms with Crippen molar-refractivity contribution in [3.63, 3.8) is 0 Å². The summed E-state index contributed by atoms with van der Waals surface area (Å²) in [6.45, 7) is 2.46. The standard InChI is InChI=1S/C8H15N3O2/c1-3-4-7-10-8(13-11-7)6(9)5-12-2/h6H,3-5,9H2,1-2H3. The van der Waals surface area contributed by atoms with Crippen LogP contribution < -0.4 is 5.73 Å². The Morgan fingerprint density at radius 1 is 1.62 bits per heavy atom. The van der Waals surface area contributed by atoms with Crippen molar-refractivity contribution in [2.24, 2.45) is 5.73 Å². The third kappa shape index (κ3) is 2.78. The lowest BCUT2D eigenvalue weighted by atomic mass is 10.3. The Morgan fingerprint density at radius 3 is 3.00 bits per heavy atom. The van der Waals surface area contributed by atoms with Crippen molar-refractivity contribution in [1.29, 1.82) is 0 Å². The molecule has 1 atom stereocenters. The maximum absolute atomic E-state index is 5.69. The predicted molar refractivity (Wildman–Crippen MR) is 47.1 cm³/mol. The van der Waals surface area contributed by atoms with E-state index >= 15 is 0 Å². The van der Waals surface area contributed by atoms with Gasteiger partial charge in [-0.2, -0.15) is 4.98 Å². The highest BCUT2D eigenvalue weighted by Gasteiger charge is 2.13. The molecule has 1 aromatic heterocycles. The molecule has 0 aliphatic carbocycles. The fraction of sp³-hybridized carbons (Fsp3) is 0.750. The number of aryl methyl sites for hydroxylation is 1. The fourth-order valence-electron chi connectivity index (χ4n) is 0.994. The van der Waals surface area contributed by atoms with Crippen LogP contribution in [0, 0.1) is 0 Å². The lowest BCUT2D eigenvalue weighted by Gasteiger charge is -2.02. The first kappa shape index (κ1) is 10.1. The molecule has 0 bridgehead atoms. The number of nitrogens with two attached hydrogens (primary N) is 1. The van der Waals surface area contributed by atoms with Crippen LogP contribution in [0.25, 0.3) is 0 Å². The highest BCUT2D eigenvalue weighted by molar-refractivity contribution is 4.91. The van der Waals surface area contributed by atoms with E-state index < -0.39 is 0 Å². The molecule has 13 heavy (non-hydrogen) atoms. The first-order chi connectivity index (χ1) is 6.27. The summed E-state index contributed by atoms with van der Waals surface area (Å²) in [6, 6.07) is -0.317. The van der Waals surface area contributed by atoms with Gasteiger partial charge in [0.1, 0.15) is 6.04 Å². The van der Waals surface area contributed by atoms with E-state index in [-0.39, 0.29) is 6.04 Å². The van der Waals surface area contributed by atoms with Gasteiger partial charge in [-0.1, -0.05) is 12.1 Å². The molecule has 0 aliphatic rings.